The van der Waals surface area contributed by atoms with Gasteiger partial charge >= 0.3 is 12.0 Å². The van der Waals surface area contributed by atoms with Crippen molar-refractivity contribution < 1.29 is 33.3 Å². The van der Waals surface area contributed by atoms with Gasteiger partial charge in [-0.3, -0.25) is 14.6 Å². The number of hydrogen-bond donors (Lipinski definition) is 1. The third kappa shape index (κ3) is 6.46. The fourth-order valence-corrected chi connectivity index (χ4v) is 5.51. The van der Waals surface area contributed by atoms with Crippen molar-refractivity contribution in [1.29, 1.82) is 0 Å². The van der Waals surface area contributed by atoms with Crippen molar-refractivity contribution in [2.24, 2.45) is 0 Å². The molecule has 1 fully saturated rings. The summed E-state index contributed by atoms with van der Waals surface area (Å²) in [5.74, 6) is 0.983. The summed E-state index contributed by atoms with van der Waals surface area (Å²) in [5.41, 5.74) is 2.08. The predicted molar refractivity (Wildman–Crippen MR) is 157 cm³/mol. The van der Waals surface area contributed by atoms with Crippen molar-refractivity contribution in [3.63, 3.8) is 0 Å². The Kier molecular flexibility index (Phi) is 10.3. The number of carbonyl (C=O) groups excluding carboxylic acids is 3. The third-order valence-corrected chi connectivity index (χ3v) is 7.56. The number of urea groups is 1. The molecule has 0 saturated carbocycles. The Balaban J connectivity index is 1.67. The molecule has 1 unspecified atom stereocenters. The number of hydrogen-bond acceptors (Lipinski definition) is 8. The van der Waals surface area contributed by atoms with Crippen molar-refractivity contribution >= 4 is 17.9 Å². The molecule has 2 aromatic carbocycles. The Labute approximate surface area is 246 Å². The average molecular weight is 581 g/mol. The van der Waals surface area contributed by atoms with E-state index in [1.165, 1.54) is 14.2 Å². The monoisotopic (exact) mass is 580 g/mol. The summed E-state index contributed by atoms with van der Waals surface area (Å²) in [6.07, 6.45) is 0.739. The predicted octanol–water partition coefficient (Wildman–Crippen LogP) is 3.46. The van der Waals surface area contributed by atoms with Gasteiger partial charge in [-0.15, -0.1) is 0 Å². The van der Waals surface area contributed by atoms with Crippen LogP contribution in [0.3, 0.4) is 0 Å². The van der Waals surface area contributed by atoms with Crippen molar-refractivity contribution in [2.45, 2.75) is 26.3 Å². The van der Waals surface area contributed by atoms with Crippen LogP contribution < -0.4 is 19.5 Å². The summed E-state index contributed by atoms with van der Waals surface area (Å²) in [6.45, 7) is 6.85. The van der Waals surface area contributed by atoms with Gasteiger partial charge in [-0.25, -0.2) is 9.59 Å². The quantitative estimate of drug-likeness (QED) is 0.426. The lowest BCUT2D eigenvalue weighted by Gasteiger charge is -2.38. The third-order valence-electron chi connectivity index (χ3n) is 7.56. The molecule has 0 radical (unpaired) electrons. The molecule has 1 saturated heterocycles. The molecule has 1 atom stereocenters. The van der Waals surface area contributed by atoms with E-state index in [9.17, 15) is 14.4 Å². The number of carbonyl (C=O) groups is 3. The van der Waals surface area contributed by atoms with E-state index < -0.39 is 12.0 Å². The molecule has 1 N–H and O–H groups in total. The second-order valence-electron chi connectivity index (χ2n) is 9.94. The smallest absolute Gasteiger partial charge is 0.338 e. The van der Waals surface area contributed by atoms with Gasteiger partial charge in [-0.05, 0) is 44.5 Å². The van der Waals surface area contributed by atoms with Gasteiger partial charge in [0.1, 0.15) is 5.75 Å². The number of nitrogens with one attached hydrogen (secondary N) is 1. The number of esters is 1. The van der Waals surface area contributed by atoms with Crippen molar-refractivity contribution in [2.75, 3.05) is 67.2 Å². The zero-order valence-electron chi connectivity index (χ0n) is 25.0. The highest BCUT2D eigenvalue weighted by Gasteiger charge is 2.40. The SMILES string of the molecule is CCOC(=O)C1=C(CN2CCCN(C(=O)c3cccc(OC)c3)CC2)N(CC)C(=O)NC1c1cccc(OC)c1OC. The van der Waals surface area contributed by atoms with Crippen LogP contribution in [0.2, 0.25) is 0 Å². The molecule has 2 aliphatic rings. The first-order valence-corrected chi connectivity index (χ1v) is 14.2. The normalized spacial score (nSPS) is 17.8. The van der Waals surface area contributed by atoms with Gasteiger partial charge in [-0.1, -0.05) is 18.2 Å². The lowest BCUT2D eigenvalue weighted by atomic mass is 9.93. The van der Waals surface area contributed by atoms with Gasteiger partial charge in [-0.2, -0.15) is 0 Å². The minimum Gasteiger partial charge on any atom is -0.497 e. The zero-order chi connectivity index (χ0) is 30.2. The molecule has 42 heavy (non-hydrogen) atoms. The van der Waals surface area contributed by atoms with Crippen LogP contribution in [0, 0.1) is 0 Å². The van der Waals surface area contributed by atoms with E-state index in [0.717, 1.165) is 6.42 Å². The summed E-state index contributed by atoms with van der Waals surface area (Å²) in [5, 5.41) is 2.99. The number of methoxy groups -OCH3 is 3. The average Bonchev–Trinajstić information content (AvgIpc) is 3.25. The molecule has 0 spiro atoms. The van der Waals surface area contributed by atoms with E-state index >= 15 is 0 Å². The molecule has 11 nitrogen and oxygen atoms in total. The Hall–Kier alpha value is -4.25. The van der Waals surface area contributed by atoms with Gasteiger partial charge in [0.2, 0.25) is 0 Å². The lowest BCUT2D eigenvalue weighted by molar-refractivity contribution is -0.139. The summed E-state index contributed by atoms with van der Waals surface area (Å²) in [6, 6.07) is 11.4. The largest absolute Gasteiger partial charge is 0.497 e. The summed E-state index contributed by atoms with van der Waals surface area (Å²) in [7, 11) is 4.64. The van der Waals surface area contributed by atoms with Gasteiger partial charge in [0.15, 0.2) is 11.5 Å². The van der Waals surface area contributed by atoms with Crippen LogP contribution in [0.4, 0.5) is 4.79 Å². The number of amides is 3. The van der Waals surface area contributed by atoms with Crippen LogP contribution in [0.1, 0.15) is 42.2 Å². The van der Waals surface area contributed by atoms with Crippen LogP contribution in [0.25, 0.3) is 0 Å². The maximum absolute atomic E-state index is 13.6. The second kappa shape index (κ2) is 14.1. The molecular formula is C31H40N4O7. The molecule has 0 bridgehead atoms. The van der Waals surface area contributed by atoms with Gasteiger partial charge in [0.05, 0.1) is 39.6 Å². The number of ether oxygens (including phenoxy) is 4. The van der Waals surface area contributed by atoms with E-state index in [2.05, 4.69) is 10.2 Å². The standard InChI is InChI=1S/C31H40N4O7/c1-6-35-24(20-33-15-10-16-34(18-17-33)29(36)21-11-8-12-22(19-21)39-3)26(30(37)42-7-2)27(32-31(35)38)23-13-9-14-25(40-4)28(23)41-5/h8-9,11-14,19,27H,6-7,10,15-18,20H2,1-5H3,(H,32,38). The molecule has 0 aliphatic carbocycles. The minimum absolute atomic E-state index is 0.0559. The molecule has 2 aliphatic heterocycles. The molecular weight excluding hydrogens is 540 g/mol. The van der Waals surface area contributed by atoms with Gasteiger partial charge < -0.3 is 29.2 Å². The maximum Gasteiger partial charge on any atom is 0.338 e. The summed E-state index contributed by atoms with van der Waals surface area (Å²) >= 11 is 0. The lowest BCUT2D eigenvalue weighted by Crippen LogP contribution is -2.51. The van der Waals surface area contributed by atoms with Crippen molar-refractivity contribution in [1.82, 2.24) is 20.0 Å². The van der Waals surface area contributed by atoms with E-state index in [1.54, 1.807) is 55.3 Å². The number of likely N-dealkylation sites (N-methyl/N-ethyl adjacent to an activating group) is 1. The van der Waals surface area contributed by atoms with Crippen LogP contribution in [0.5, 0.6) is 17.2 Å². The maximum atomic E-state index is 13.6. The molecule has 11 heteroatoms. The molecule has 4 rings (SSSR count). The number of nitrogens with zero attached hydrogens (tertiary/aromatic N) is 3. The number of benzene rings is 2. The highest BCUT2D eigenvalue weighted by atomic mass is 16.5. The minimum atomic E-state index is -0.808. The Morgan fingerprint density at radius 3 is 2.43 bits per heavy atom. The first-order chi connectivity index (χ1) is 20.4. The Morgan fingerprint density at radius 2 is 1.74 bits per heavy atom. The Morgan fingerprint density at radius 1 is 0.952 bits per heavy atom. The van der Waals surface area contributed by atoms with Crippen molar-refractivity contribution in [3.05, 3.63) is 64.9 Å². The molecule has 3 amide bonds. The molecule has 226 valence electrons. The summed E-state index contributed by atoms with van der Waals surface area (Å²) in [4.78, 5) is 45.9. The van der Waals surface area contributed by atoms with Crippen LogP contribution >= 0.6 is 0 Å². The van der Waals surface area contributed by atoms with E-state index in [-0.39, 0.29) is 18.5 Å². The fraction of sp³-hybridized carbons (Fsp3) is 0.452. The molecule has 2 heterocycles. The van der Waals surface area contributed by atoms with E-state index in [4.69, 9.17) is 18.9 Å². The van der Waals surface area contributed by atoms with E-state index in [1.807, 2.05) is 17.9 Å². The first-order valence-electron chi connectivity index (χ1n) is 14.2. The highest BCUT2D eigenvalue weighted by Crippen LogP contribution is 2.40. The zero-order valence-corrected chi connectivity index (χ0v) is 25.0. The second-order valence-corrected chi connectivity index (χ2v) is 9.94. The molecule has 0 aromatic heterocycles. The van der Waals surface area contributed by atoms with Crippen LogP contribution in [0.15, 0.2) is 53.7 Å². The van der Waals surface area contributed by atoms with Crippen molar-refractivity contribution in [3.8, 4) is 17.2 Å². The van der Waals surface area contributed by atoms with Crippen LogP contribution in [-0.2, 0) is 9.53 Å². The highest BCUT2D eigenvalue weighted by molar-refractivity contribution is 5.96. The number of para-hydroxylation sites is 1. The van der Waals surface area contributed by atoms with E-state index in [0.29, 0.717) is 78.9 Å². The topological polar surface area (TPSA) is 110 Å². The Bertz CT molecular complexity index is 1330. The molecule has 2 aromatic rings. The first kappa shape index (κ1) is 30.7. The fourth-order valence-electron chi connectivity index (χ4n) is 5.51. The van der Waals surface area contributed by atoms with Crippen LogP contribution in [-0.4, -0.2) is 99.8 Å². The summed E-state index contributed by atoms with van der Waals surface area (Å²) < 4.78 is 22.0. The number of rotatable bonds is 10. The van der Waals surface area contributed by atoms with Gasteiger partial charge in [0, 0.05) is 56.1 Å². The van der Waals surface area contributed by atoms with Gasteiger partial charge in [0.25, 0.3) is 5.91 Å².